The van der Waals surface area contributed by atoms with Crippen molar-refractivity contribution in [3.63, 3.8) is 0 Å². The minimum Gasteiger partial charge on any atom is -0.445 e. The topological polar surface area (TPSA) is 46.6 Å². The van der Waals surface area contributed by atoms with Gasteiger partial charge >= 0.3 is 6.09 Å². The first-order chi connectivity index (χ1) is 9.72. The van der Waals surface area contributed by atoms with E-state index in [1.165, 1.54) is 0 Å². The van der Waals surface area contributed by atoms with E-state index in [9.17, 15) is 9.59 Å². The molecule has 108 valence electrons. The number of ketones is 1. The maximum Gasteiger partial charge on any atom is 0.410 e. The summed E-state index contributed by atoms with van der Waals surface area (Å²) in [7, 11) is 0. The summed E-state index contributed by atoms with van der Waals surface area (Å²) < 4.78 is 5.31. The van der Waals surface area contributed by atoms with Crippen LogP contribution in [0, 0.1) is 0 Å². The fourth-order valence-corrected chi connectivity index (χ4v) is 2.75. The second kappa shape index (κ2) is 7.43. The molecular formula is C15H18BrNO3. The minimum atomic E-state index is -0.396. The molecule has 2 rings (SSSR count). The first-order valence-electron chi connectivity index (χ1n) is 6.78. The van der Waals surface area contributed by atoms with E-state index in [1.54, 1.807) is 4.90 Å². The van der Waals surface area contributed by atoms with Crippen molar-refractivity contribution in [2.45, 2.75) is 31.9 Å². The van der Waals surface area contributed by atoms with Crippen LogP contribution in [0.5, 0.6) is 0 Å². The standard InChI is InChI=1S/C15H18BrNO3/c16-10-14(18)13-8-4-5-9-17(13)15(19)20-11-12-6-2-1-3-7-12/h1-3,6-7,13H,4-5,8-11H2. The maximum atomic E-state index is 12.1. The first-order valence-corrected chi connectivity index (χ1v) is 7.90. The number of hydrogen-bond acceptors (Lipinski definition) is 3. The highest BCUT2D eigenvalue weighted by Gasteiger charge is 2.32. The highest BCUT2D eigenvalue weighted by Crippen LogP contribution is 2.20. The SMILES string of the molecule is O=C(CBr)C1CCCCN1C(=O)OCc1ccccc1. The van der Waals surface area contributed by atoms with Crippen molar-refractivity contribution < 1.29 is 14.3 Å². The lowest BCUT2D eigenvalue weighted by atomic mass is 10.00. The fraction of sp³-hybridized carbons (Fsp3) is 0.467. The van der Waals surface area contributed by atoms with E-state index in [4.69, 9.17) is 4.74 Å². The molecule has 0 saturated carbocycles. The summed E-state index contributed by atoms with van der Waals surface area (Å²) in [6, 6.07) is 9.20. The summed E-state index contributed by atoms with van der Waals surface area (Å²) >= 11 is 3.17. The van der Waals surface area contributed by atoms with Crippen LogP contribution in [0.4, 0.5) is 4.79 Å². The second-order valence-electron chi connectivity index (χ2n) is 4.85. The quantitative estimate of drug-likeness (QED) is 0.791. The van der Waals surface area contributed by atoms with Gasteiger partial charge in [0.1, 0.15) is 6.61 Å². The number of rotatable bonds is 4. The molecule has 0 bridgehead atoms. The molecule has 1 aromatic rings. The number of halogens is 1. The van der Waals surface area contributed by atoms with Gasteiger partial charge in [0, 0.05) is 6.54 Å². The first kappa shape index (κ1) is 15.0. The largest absolute Gasteiger partial charge is 0.445 e. The van der Waals surface area contributed by atoms with E-state index >= 15 is 0 Å². The molecule has 0 spiro atoms. The Morgan fingerprint density at radius 1 is 1.25 bits per heavy atom. The van der Waals surface area contributed by atoms with Crippen molar-refractivity contribution in [2.24, 2.45) is 0 Å². The third-order valence-electron chi connectivity index (χ3n) is 3.45. The van der Waals surface area contributed by atoms with Gasteiger partial charge in [0.25, 0.3) is 0 Å². The molecule has 1 heterocycles. The summed E-state index contributed by atoms with van der Waals surface area (Å²) in [5.41, 5.74) is 0.946. The Kier molecular flexibility index (Phi) is 5.59. The van der Waals surface area contributed by atoms with Crippen LogP contribution in [-0.4, -0.2) is 34.7 Å². The Labute approximate surface area is 127 Å². The third kappa shape index (κ3) is 3.82. The van der Waals surface area contributed by atoms with Crippen LogP contribution in [0.15, 0.2) is 30.3 Å². The highest BCUT2D eigenvalue weighted by molar-refractivity contribution is 9.09. The van der Waals surface area contributed by atoms with E-state index in [0.717, 1.165) is 24.8 Å². The van der Waals surface area contributed by atoms with Gasteiger partial charge in [0.05, 0.1) is 11.4 Å². The molecule has 1 amide bonds. The van der Waals surface area contributed by atoms with E-state index < -0.39 is 6.09 Å². The molecule has 1 fully saturated rings. The Bertz CT molecular complexity index is 463. The van der Waals surface area contributed by atoms with Crippen LogP contribution in [0.25, 0.3) is 0 Å². The average molecular weight is 340 g/mol. The van der Waals surface area contributed by atoms with Crippen molar-refractivity contribution in [3.8, 4) is 0 Å². The molecule has 0 N–H and O–H groups in total. The van der Waals surface area contributed by atoms with E-state index in [2.05, 4.69) is 15.9 Å². The molecule has 1 aliphatic heterocycles. The summed E-state index contributed by atoms with van der Waals surface area (Å²) in [4.78, 5) is 25.6. The van der Waals surface area contributed by atoms with Gasteiger partial charge < -0.3 is 4.74 Å². The van der Waals surface area contributed by atoms with Crippen molar-refractivity contribution in [1.29, 1.82) is 0 Å². The van der Waals surface area contributed by atoms with Gasteiger partial charge in [-0.2, -0.15) is 0 Å². The number of Topliss-reactive ketones (excluding diaryl/α,β-unsaturated/α-hetero) is 1. The Morgan fingerprint density at radius 2 is 2.00 bits per heavy atom. The number of likely N-dealkylation sites (tertiary alicyclic amines) is 1. The third-order valence-corrected chi connectivity index (χ3v) is 4.00. The number of amides is 1. The number of hydrogen-bond donors (Lipinski definition) is 0. The smallest absolute Gasteiger partial charge is 0.410 e. The highest BCUT2D eigenvalue weighted by atomic mass is 79.9. The molecule has 0 radical (unpaired) electrons. The molecule has 1 atom stereocenters. The van der Waals surface area contributed by atoms with Crippen LogP contribution in [-0.2, 0) is 16.1 Å². The van der Waals surface area contributed by atoms with Crippen molar-refractivity contribution >= 4 is 27.8 Å². The lowest BCUT2D eigenvalue weighted by Gasteiger charge is -2.33. The number of ether oxygens (including phenoxy) is 1. The Balaban J connectivity index is 1.94. The second-order valence-corrected chi connectivity index (χ2v) is 5.41. The summed E-state index contributed by atoms with van der Waals surface area (Å²) in [5.74, 6) is 0.0429. The zero-order chi connectivity index (χ0) is 14.4. The normalized spacial score (nSPS) is 18.6. The van der Waals surface area contributed by atoms with Crippen LogP contribution in [0.3, 0.4) is 0 Å². The van der Waals surface area contributed by atoms with Crippen LogP contribution >= 0.6 is 15.9 Å². The van der Waals surface area contributed by atoms with Gasteiger partial charge in [-0.05, 0) is 24.8 Å². The molecule has 0 aliphatic carbocycles. The fourth-order valence-electron chi connectivity index (χ4n) is 2.38. The Hall–Kier alpha value is -1.36. The van der Waals surface area contributed by atoms with Gasteiger partial charge in [0.2, 0.25) is 0 Å². The van der Waals surface area contributed by atoms with Gasteiger partial charge in [-0.15, -0.1) is 0 Å². The predicted molar refractivity (Wildman–Crippen MR) is 79.8 cm³/mol. The molecule has 1 aliphatic rings. The van der Waals surface area contributed by atoms with Crippen molar-refractivity contribution in [1.82, 2.24) is 4.90 Å². The van der Waals surface area contributed by atoms with Gasteiger partial charge in [-0.25, -0.2) is 4.79 Å². The molecule has 0 aromatic heterocycles. The lowest BCUT2D eigenvalue weighted by Crippen LogP contribution is -2.48. The predicted octanol–water partition coefficient (Wildman–Crippen LogP) is 3.14. The molecule has 20 heavy (non-hydrogen) atoms. The van der Waals surface area contributed by atoms with Gasteiger partial charge in [-0.3, -0.25) is 9.69 Å². The van der Waals surface area contributed by atoms with E-state index in [0.29, 0.717) is 6.54 Å². The van der Waals surface area contributed by atoms with Crippen molar-refractivity contribution in [3.05, 3.63) is 35.9 Å². The minimum absolute atomic E-state index is 0.0429. The van der Waals surface area contributed by atoms with Gasteiger partial charge in [-0.1, -0.05) is 46.3 Å². The monoisotopic (exact) mass is 339 g/mol. The molecule has 1 saturated heterocycles. The average Bonchev–Trinajstić information content (AvgIpc) is 2.52. The summed E-state index contributed by atoms with van der Waals surface area (Å²) in [6.45, 7) is 0.836. The molecule has 4 nitrogen and oxygen atoms in total. The van der Waals surface area contributed by atoms with E-state index in [-0.39, 0.29) is 23.8 Å². The number of alkyl halides is 1. The van der Waals surface area contributed by atoms with E-state index in [1.807, 2.05) is 30.3 Å². The number of nitrogens with zero attached hydrogens (tertiary/aromatic N) is 1. The molecular weight excluding hydrogens is 322 g/mol. The molecule has 1 aromatic carbocycles. The van der Waals surface area contributed by atoms with Crippen LogP contribution in [0.2, 0.25) is 0 Å². The zero-order valence-electron chi connectivity index (χ0n) is 11.3. The number of carbonyl (C=O) groups excluding carboxylic acids is 2. The summed E-state index contributed by atoms with van der Waals surface area (Å²) in [5, 5.41) is 0.278. The van der Waals surface area contributed by atoms with Crippen molar-refractivity contribution in [2.75, 3.05) is 11.9 Å². The molecule has 1 unspecified atom stereocenters. The van der Waals surface area contributed by atoms with Crippen LogP contribution < -0.4 is 0 Å². The number of benzene rings is 1. The number of piperidine rings is 1. The van der Waals surface area contributed by atoms with Gasteiger partial charge in [0.15, 0.2) is 5.78 Å². The maximum absolute atomic E-state index is 12.1. The number of carbonyl (C=O) groups is 2. The van der Waals surface area contributed by atoms with Crippen LogP contribution in [0.1, 0.15) is 24.8 Å². The molecule has 5 heteroatoms. The zero-order valence-corrected chi connectivity index (χ0v) is 12.8. The Morgan fingerprint density at radius 3 is 2.70 bits per heavy atom. The summed E-state index contributed by atoms with van der Waals surface area (Å²) in [6.07, 6.45) is 2.23. The lowest BCUT2D eigenvalue weighted by molar-refractivity contribution is -0.122.